The molecular weight excluding hydrogens is 284 g/mol. The van der Waals surface area contributed by atoms with Crippen LogP contribution in [0.2, 0.25) is 0 Å². The van der Waals surface area contributed by atoms with Crippen LogP contribution in [0.5, 0.6) is 5.75 Å². The Kier molecular flexibility index (Phi) is 5.46. The van der Waals surface area contributed by atoms with E-state index in [1.165, 1.54) is 4.68 Å². The first-order valence-corrected chi connectivity index (χ1v) is 7.30. The summed E-state index contributed by atoms with van der Waals surface area (Å²) in [5.41, 5.74) is 1.14. The number of rotatable bonds is 8. The summed E-state index contributed by atoms with van der Waals surface area (Å²) in [6.07, 6.45) is 2.21. The molecule has 0 bridgehead atoms. The molecule has 2 aromatic rings. The molecule has 118 valence electrons. The maximum Gasteiger partial charge on any atom is 0.328 e. The highest BCUT2D eigenvalue weighted by Crippen LogP contribution is 2.17. The first-order valence-electron chi connectivity index (χ1n) is 7.30. The number of aryl methyl sites for hydroxylation is 1. The lowest BCUT2D eigenvalue weighted by Gasteiger charge is -2.14. The smallest absolute Gasteiger partial charge is 0.328 e. The predicted octanol–water partition coefficient (Wildman–Crippen LogP) is 2.38. The quantitative estimate of drug-likeness (QED) is 0.805. The largest absolute Gasteiger partial charge is 0.486 e. The van der Waals surface area contributed by atoms with E-state index in [4.69, 9.17) is 4.74 Å². The Bertz CT molecular complexity index is 610. The topological polar surface area (TPSA) is 90.1 Å². The Labute approximate surface area is 128 Å². The summed E-state index contributed by atoms with van der Waals surface area (Å²) in [5.74, 6) is 0.169. The average Bonchev–Trinajstić information content (AvgIpc) is 2.95. The van der Waals surface area contributed by atoms with Crippen LogP contribution >= 0.6 is 0 Å². The Morgan fingerprint density at radius 1 is 1.36 bits per heavy atom. The standard InChI is InChI=1S/C15H20N4O3/c1-3-4-5-13(15(20)21)19-14(16-17-18-19)10-22-12-8-6-11(2)7-9-12/h6-9,13H,3-5,10H2,1-2H3,(H,20,21). The molecule has 1 aromatic heterocycles. The van der Waals surface area contributed by atoms with Crippen molar-refractivity contribution in [3.05, 3.63) is 35.7 Å². The second-order valence-electron chi connectivity index (χ2n) is 5.14. The summed E-state index contributed by atoms with van der Waals surface area (Å²) in [4.78, 5) is 11.4. The third-order valence-corrected chi connectivity index (χ3v) is 3.36. The molecule has 0 aliphatic rings. The Morgan fingerprint density at radius 3 is 2.73 bits per heavy atom. The fraction of sp³-hybridized carbons (Fsp3) is 0.467. The first kappa shape index (κ1) is 15.9. The maximum atomic E-state index is 11.4. The molecule has 0 saturated carbocycles. The van der Waals surface area contributed by atoms with Crippen LogP contribution in [0.25, 0.3) is 0 Å². The molecule has 7 heteroatoms. The molecule has 0 fully saturated rings. The molecule has 0 spiro atoms. The van der Waals surface area contributed by atoms with E-state index in [2.05, 4.69) is 15.5 Å². The second-order valence-corrected chi connectivity index (χ2v) is 5.14. The number of hydrogen-bond acceptors (Lipinski definition) is 5. The number of carbonyl (C=O) groups is 1. The van der Waals surface area contributed by atoms with Gasteiger partial charge in [0.25, 0.3) is 0 Å². The van der Waals surface area contributed by atoms with Gasteiger partial charge in [-0.2, -0.15) is 0 Å². The van der Waals surface area contributed by atoms with E-state index in [0.29, 0.717) is 18.0 Å². The van der Waals surface area contributed by atoms with Gasteiger partial charge in [-0.05, 0) is 35.9 Å². The number of aromatic nitrogens is 4. The van der Waals surface area contributed by atoms with E-state index in [-0.39, 0.29) is 6.61 Å². The van der Waals surface area contributed by atoms with Crippen LogP contribution in [0.4, 0.5) is 0 Å². The molecule has 2 rings (SSSR count). The number of carboxylic acid groups (broad SMARTS) is 1. The number of ether oxygens (including phenoxy) is 1. The van der Waals surface area contributed by atoms with Crippen LogP contribution in [0, 0.1) is 6.92 Å². The van der Waals surface area contributed by atoms with Crippen molar-refractivity contribution in [1.82, 2.24) is 20.2 Å². The van der Waals surface area contributed by atoms with Crippen LogP contribution in [0.15, 0.2) is 24.3 Å². The van der Waals surface area contributed by atoms with Crippen LogP contribution in [0.3, 0.4) is 0 Å². The number of tetrazole rings is 1. The molecule has 0 radical (unpaired) electrons. The Morgan fingerprint density at radius 2 is 2.09 bits per heavy atom. The van der Waals surface area contributed by atoms with Crippen LogP contribution in [0.1, 0.15) is 43.6 Å². The lowest BCUT2D eigenvalue weighted by Crippen LogP contribution is -2.23. The normalized spacial score (nSPS) is 12.1. The van der Waals surface area contributed by atoms with E-state index in [1.54, 1.807) is 0 Å². The molecule has 22 heavy (non-hydrogen) atoms. The summed E-state index contributed by atoms with van der Waals surface area (Å²) in [6.45, 7) is 4.14. The van der Waals surface area contributed by atoms with Gasteiger partial charge < -0.3 is 9.84 Å². The van der Waals surface area contributed by atoms with E-state index >= 15 is 0 Å². The van der Waals surface area contributed by atoms with Gasteiger partial charge in [-0.25, -0.2) is 9.48 Å². The van der Waals surface area contributed by atoms with Crippen molar-refractivity contribution >= 4 is 5.97 Å². The van der Waals surface area contributed by atoms with Gasteiger partial charge in [0.1, 0.15) is 12.4 Å². The van der Waals surface area contributed by atoms with Gasteiger partial charge in [-0.15, -0.1) is 5.10 Å². The molecule has 0 amide bonds. The van der Waals surface area contributed by atoms with Gasteiger partial charge >= 0.3 is 5.97 Å². The zero-order valence-corrected chi connectivity index (χ0v) is 12.8. The Hall–Kier alpha value is -2.44. The third kappa shape index (κ3) is 4.03. The van der Waals surface area contributed by atoms with Gasteiger partial charge in [0, 0.05) is 0 Å². The SMILES string of the molecule is CCCCC(C(=O)O)n1nnnc1COc1ccc(C)cc1. The second kappa shape index (κ2) is 7.53. The molecule has 1 aromatic carbocycles. The van der Waals surface area contributed by atoms with Gasteiger partial charge in [0.15, 0.2) is 11.9 Å². The van der Waals surface area contributed by atoms with Crippen molar-refractivity contribution in [2.24, 2.45) is 0 Å². The molecule has 7 nitrogen and oxygen atoms in total. The minimum absolute atomic E-state index is 0.131. The van der Waals surface area contributed by atoms with Crippen molar-refractivity contribution in [3.63, 3.8) is 0 Å². The molecule has 0 saturated heterocycles. The summed E-state index contributed by atoms with van der Waals surface area (Å²) >= 11 is 0. The van der Waals surface area contributed by atoms with E-state index in [1.807, 2.05) is 38.1 Å². The number of aliphatic carboxylic acids is 1. The fourth-order valence-corrected chi connectivity index (χ4v) is 2.08. The zero-order valence-electron chi connectivity index (χ0n) is 12.8. The number of hydrogen-bond donors (Lipinski definition) is 1. The summed E-state index contributed by atoms with van der Waals surface area (Å²) in [5, 5.41) is 20.6. The van der Waals surface area contributed by atoms with Crippen molar-refractivity contribution in [2.45, 2.75) is 45.8 Å². The Balaban J connectivity index is 2.07. The molecule has 0 aliphatic carbocycles. The minimum Gasteiger partial charge on any atom is -0.486 e. The van der Waals surface area contributed by atoms with Crippen molar-refractivity contribution in [3.8, 4) is 5.75 Å². The molecule has 1 unspecified atom stereocenters. The summed E-state index contributed by atoms with van der Waals surface area (Å²) < 4.78 is 6.96. The van der Waals surface area contributed by atoms with E-state index in [9.17, 15) is 9.90 Å². The molecule has 1 N–H and O–H groups in total. The van der Waals surface area contributed by atoms with Crippen LogP contribution < -0.4 is 4.74 Å². The first-order chi connectivity index (χ1) is 10.6. The zero-order chi connectivity index (χ0) is 15.9. The van der Waals surface area contributed by atoms with Crippen molar-refractivity contribution in [1.29, 1.82) is 0 Å². The number of nitrogens with zero attached hydrogens (tertiary/aromatic N) is 4. The monoisotopic (exact) mass is 304 g/mol. The summed E-state index contributed by atoms with van der Waals surface area (Å²) in [7, 11) is 0. The third-order valence-electron chi connectivity index (χ3n) is 3.36. The highest BCUT2D eigenvalue weighted by atomic mass is 16.5. The van der Waals surface area contributed by atoms with Gasteiger partial charge in [-0.1, -0.05) is 37.5 Å². The predicted molar refractivity (Wildman–Crippen MR) is 79.5 cm³/mol. The number of carboxylic acids is 1. The fourth-order valence-electron chi connectivity index (χ4n) is 2.08. The summed E-state index contributed by atoms with van der Waals surface area (Å²) in [6, 6.07) is 6.84. The minimum atomic E-state index is -0.933. The molecular formula is C15H20N4O3. The molecule has 1 atom stereocenters. The highest BCUT2D eigenvalue weighted by molar-refractivity contribution is 5.71. The van der Waals surface area contributed by atoms with Crippen LogP contribution in [-0.2, 0) is 11.4 Å². The lowest BCUT2D eigenvalue weighted by atomic mass is 10.1. The van der Waals surface area contributed by atoms with Gasteiger partial charge in [-0.3, -0.25) is 0 Å². The van der Waals surface area contributed by atoms with Crippen molar-refractivity contribution < 1.29 is 14.6 Å². The van der Waals surface area contributed by atoms with E-state index in [0.717, 1.165) is 18.4 Å². The highest BCUT2D eigenvalue weighted by Gasteiger charge is 2.24. The van der Waals surface area contributed by atoms with E-state index < -0.39 is 12.0 Å². The maximum absolute atomic E-state index is 11.4. The van der Waals surface area contributed by atoms with Gasteiger partial charge in [0.2, 0.25) is 0 Å². The average molecular weight is 304 g/mol. The molecule has 0 aliphatic heterocycles. The number of benzene rings is 1. The molecule has 1 heterocycles. The number of unbranched alkanes of at least 4 members (excludes halogenated alkanes) is 1. The van der Waals surface area contributed by atoms with Crippen LogP contribution in [-0.4, -0.2) is 31.3 Å². The lowest BCUT2D eigenvalue weighted by molar-refractivity contribution is -0.141. The van der Waals surface area contributed by atoms with Crippen molar-refractivity contribution in [2.75, 3.05) is 0 Å². The van der Waals surface area contributed by atoms with Gasteiger partial charge in [0.05, 0.1) is 0 Å².